The van der Waals surface area contributed by atoms with Gasteiger partial charge >= 0.3 is 0 Å². The van der Waals surface area contributed by atoms with Crippen LogP contribution in [-0.4, -0.2) is 48.1 Å². The largest absolute Gasteiger partial charge is 0.504 e. The highest BCUT2D eigenvalue weighted by Crippen LogP contribution is 2.41. The first kappa shape index (κ1) is 34.3. The molecule has 13 heteroatoms. The number of anilines is 1. The summed E-state index contributed by atoms with van der Waals surface area (Å²) in [5.74, 6) is 0.742. The number of hydrogen-bond acceptors (Lipinski definition) is 13. The van der Waals surface area contributed by atoms with Crippen molar-refractivity contribution in [3.63, 3.8) is 0 Å². The Labute approximate surface area is 261 Å². The van der Waals surface area contributed by atoms with Gasteiger partial charge in [0.1, 0.15) is 11.4 Å². The number of nitrogens with zero attached hydrogens (tertiary/aromatic N) is 5. The Hall–Kier alpha value is -2.56. The molecule has 0 aliphatic carbocycles. The number of hydroxylamine groups is 6. The molecule has 2 aromatic rings. The summed E-state index contributed by atoms with van der Waals surface area (Å²) in [5, 5.41) is 18.0. The average molecular weight is 619 g/mol. The molecule has 0 bridgehead atoms. The molecule has 246 valence electrons. The molecule has 4 rings (SSSR count). The number of benzene rings is 2. The van der Waals surface area contributed by atoms with Gasteiger partial charge < -0.3 is 9.84 Å². The van der Waals surface area contributed by atoms with Crippen molar-refractivity contribution in [1.82, 2.24) is 26.3 Å². The standard InChI is InChI=1S/C31H50N6O7/c1-20-15-21(2)26(25(38)16-20)39-24-18-22(27-40-34(28(3,4)5)32-35(41-27)29(6,7)8)17-23(19-24)33-42-36(30(9,10)11)44-37(43-33)31(12,13)14/h15-19,27,32,38H,1-14H3. The summed E-state index contributed by atoms with van der Waals surface area (Å²) in [4.78, 5) is 30.8. The molecule has 0 aromatic heterocycles. The third kappa shape index (κ3) is 7.98. The van der Waals surface area contributed by atoms with E-state index >= 15 is 0 Å². The van der Waals surface area contributed by atoms with Gasteiger partial charge in [-0.05, 0) is 137 Å². The molecule has 2 fully saturated rings. The van der Waals surface area contributed by atoms with Crippen molar-refractivity contribution in [2.75, 3.05) is 5.23 Å². The van der Waals surface area contributed by atoms with E-state index in [1.165, 1.54) is 15.7 Å². The maximum atomic E-state index is 10.8. The van der Waals surface area contributed by atoms with Crippen LogP contribution in [0.4, 0.5) is 5.69 Å². The number of aryl methyl sites for hydroxylation is 2. The molecule has 2 saturated heterocycles. The lowest BCUT2D eigenvalue weighted by molar-refractivity contribution is -0.638. The third-order valence-electron chi connectivity index (χ3n) is 6.36. The number of nitrogens with one attached hydrogen (secondary N) is 1. The van der Waals surface area contributed by atoms with E-state index < -0.39 is 28.4 Å². The molecule has 44 heavy (non-hydrogen) atoms. The molecule has 2 aliphatic rings. The molecule has 2 N–H and O–H groups in total. The van der Waals surface area contributed by atoms with Crippen molar-refractivity contribution in [1.29, 1.82) is 0 Å². The second kappa shape index (κ2) is 12.0. The smallest absolute Gasteiger partial charge is 0.226 e. The summed E-state index contributed by atoms with van der Waals surface area (Å²) in [5.41, 5.74) is 3.96. The summed E-state index contributed by atoms with van der Waals surface area (Å²) < 4.78 is 6.33. The zero-order chi connectivity index (χ0) is 33.0. The van der Waals surface area contributed by atoms with E-state index in [-0.39, 0.29) is 5.75 Å². The summed E-state index contributed by atoms with van der Waals surface area (Å²) in [6.07, 6.45) is -0.900. The van der Waals surface area contributed by atoms with E-state index in [4.69, 9.17) is 29.2 Å². The minimum atomic E-state index is -0.900. The molecule has 13 nitrogen and oxygen atoms in total. The van der Waals surface area contributed by atoms with Crippen LogP contribution >= 0.6 is 0 Å². The zero-order valence-corrected chi connectivity index (χ0v) is 28.6. The second-order valence-electron chi connectivity index (χ2n) is 15.2. The number of hydrogen-bond donors (Lipinski definition) is 2. The maximum absolute atomic E-state index is 10.8. The maximum Gasteiger partial charge on any atom is 0.226 e. The van der Waals surface area contributed by atoms with Crippen LogP contribution in [0.3, 0.4) is 0 Å². The zero-order valence-electron chi connectivity index (χ0n) is 28.6. The van der Waals surface area contributed by atoms with Crippen molar-refractivity contribution in [2.45, 2.75) is 125 Å². The topological polar surface area (TPSA) is 104 Å². The second-order valence-corrected chi connectivity index (χ2v) is 15.2. The van der Waals surface area contributed by atoms with Crippen LogP contribution in [0.2, 0.25) is 0 Å². The fourth-order valence-corrected chi connectivity index (χ4v) is 4.00. The van der Waals surface area contributed by atoms with E-state index in [1.54, 1.807) is 28.5 Å². The van der Waals surface area contributed by atoms with Crippen molar-refractivity contribution in [3.05, 3.63) is 47.0 Å². The minimum absolute atomic E-state index is 0.0262. The fraction of sp³-hybridized carbons (Fsp3) is 0.613. The predicted octanol–water partition coefficient (Wildman–Crippen LogP) is 6.86. The lowest BCUT2D eigenvalue weighted by Crippen LogP contribution is -2.65. The molecule has 0 spiro atoms. The molecule has 0 atom stereocenters. The van der Waals surface area contributed by atoms with Crippen LogP contribution in [0.5, 0.6) is 17.2 Å². The van der Waals surface area contributed by atoms with Crippen molar-refractivity contribution >= 4 is 5.69 Å². The van der Waals surface area contributed by atoms with Gasteiger partial charge in [0, 0.05) is 11.6 Å². The third-order valence-corrected chi connectivity index (χ3v) is 6.36. The SMILES string of the molecule is Cc1cc(C)c(Oc2cc(C3ON(C(C)(C)C)NN(C(C)(C)C)O3)cc(N3ON(C(C)(C)C)ON(C(C)(C)C)O3)c2)c(O)c1. The minimum Gasteiger partial charge on any atom is -0.504 e. The van der Waals surface area contributed by atoms with Crippen LogP contribution in [0.1, 0.15) is 106 Å². The van der Waals surface area contributed by atoms with Gasteiger partial charge in [-0.3, -0.25) is 0 Å². The summed E-state index contributed by atoms with van der Waals surface area (Å²) >= 11 is 0. The molecule has 0 saturated carbocycles. The highest BCUT2D eigenvalue weighted by molar-refractivity contribution is 5.54. The Morgan fingerprint density at radius 3 is 1.66 bits per heavy atom. The van der Waals surface area contributed by atoms with Gasteiger partial charge in [-0.2, -0.15) is 4.94 Å². The van der Waals surface area contributed by atoms with Crippen LogP contribution in [0, 0.1) is 13.8 Å². The van der Waals surface area contributed by atoms with Crippen LogP contribution < -0.4 is 15.5 Å². The summed E-state index contributed by atoms with van der Waals surface area (Å²) in [6.45, 7) is 27.6. The van der Waals surface area contributed by atoms with Gasteiger partial charge in [0.25, 0.3) is 0 Å². The quantitative estimate of drug-likeness (QED) is 0.373. The first-order valence-electron chi connectivity index (χ1n) is 14.8. The molecule has 0 radical (unpaired) electrons. The van der Waals surface area contributed by atoms with Gasteiger partial charge in [0.05, 0.1) is 22.2 Å². The lowest BCUT2D eigenvalue weighted by atomic mass is 10.1. The van der Waals surface area contributed by atoms with E-state index in [2.05, 4.69) is 5.53 Å². The van der Waals surface area contributed by atoms with Crippen molar-refractivity contribution < 1.29 is 34.3 Å². The number of rotatable bonds is 4. The molecule has 2 aromatic carbocycles. The van der Waals surface area contributed by atoms with Gasteiger partial charge in [-0.1, -0.05) is 21.6 Å². The number of hydrazine groups is 2. The molecule has 0 unspecified atom stereocenters. The molecule has 0 amide bonds. The van der Waals surface area contributed by atoms with Gasteiger partial charge in [-0.15, -0.1) is 15.4 Å². The molecule has 2 heterocycles. The van der Waals surface area contributed by atoms with Crippen molar-refractivity contribution in [3.8, 4) is 17.2 Å². The summed E-state index contributed by atoms with van der Waals surface area (Å²) in [6, 6.07) is 8.95. The van der Waals surface area contributed by atoms with E-state index in [0.29, 0.717) is 22.7 Å². The predicted molar refractivity (Wildman–Crippen MR) is 164 cm³/mol. The van der Waals surface area contributed by atoms with E-state index in [9.17, 15) is 5.11 Å². The molecule has 2 aliphatic heterocycles. The van der Waals surface area contributed by atoms with E-state index in [1.807, 2.05) is 109 Å². The monoisotopic (exact) mass is 618 g/mol. The Morgan fingerprint density at radius 2 is 1.20 bits per heavy atom. The highest BCUT2D eigenvalue weighted by atomic mass is 17.3. The normalized spacial score (nSPS) is 19.5. The Morgan fingerprint density at radius 1 is 0.682 bits per heavy atom. The first-order chi connectivity index (χ1) is 20.0. The van der Waals surface area contributed by atoms with Gasteiger partial charge in [0.2, 0.25) is 6.29 Å². The van der Waals surface area contributed by atoms with E-state index in [0.717, 1.165) is 11.1 Å². The van der Waals surface area contributed by atoms with Gasteiger partial charge in [-0.25, -0.2) is 9.68 Å². The molecular weight excluding hydrogens is 568 g/mol. The molecular formula is C31H50N6O7. The highest BCUT2D eigenvalue weighted by Gasteiger charge is 2.42. The average Bonchev–Trinajstić information content (AvgIpc) is 2.88. The van der Waals surface area contributed by atoms with Crippen molar-refractivity contribution in [2.24, 2.45) is 0 Å². The fourth-order valence-electron chi connectivity index (χ4n) is 4.00. The number of phenols is 1. The Kier molecular flexibility index (Phi) is 9.35. The van der Waals surface area contributed by atoms with Crippen LogP contribution in [-0.2, 0) is 24.5 Å². The van der Waals surface area contributed by atoms with Gasteiger partial charge in [0.15, 0.2) is 11.5 Å². The van der Waals surface area contributed by atoms with Crippen LogP contribution in [0.15, 0.2) is 30.3 Å². The number of aromatic hydroxyl groups is 1. The van der Waals surface area contributed by atoms with Crippen LogP contribution in [0.25, 0.3) is 0 Å². The lowest BCUT2D eigenvalue weighted by Gasteiger charge is -2.48. The number of ether oxygens (including phenoxy) is 1. The summed E-state index contributed by atoms with van der Waals surface area (Å²) in [7, 11) is 0. The Balaban J connectivity index is 1.83. The first-order valence-corrected chi connectivity index (χ1v) is 14.8. The number of phenolic OH excluding ortho intramolecular Hbond substituents is 1. The Bertz CT molecular complexity index is 1190.